The van der Waals surface area contributed by atoms with Crippen LogP contribution in [0.15, 0.2) is 0 Å². The van der Waals surface area contributed by atoms with E-state index in [1.165, 1.54) is 0 Å². The van der Waals surface area contributed by atoms with Crippen LogP contribution in [0.5, 0.6) is 0 Å². The Bertz CT molecular complexity index is 93.1. The van der Waals surface area contributed by atoms with Gasteiger partial charge in [0.2, 0.25) is 0 Å². The van der Waals surface area contributed by atoms with Crippen molar-refractivity contribution in [3.8, 4) is 0 Å². The summed E-state index contributed by atoms with van der Waals surface area (Å²) in [5.41, 5.74) is 0. The van der Waals surface area contributed by atoms with Gasteiger partial charge in [-0.05, 0) is 19.8 Å². The van der Waals surface area contributed by atoms with E-state index in [0.29, 0.717) is 23.0 Å². The third-order valence-electron chi connectivity index (χ3n) is 2.12. The van der Waals surface area contributed by atoms with Gasteiger partial charge in [-0.2, -0.15) is 0 Å². The zero-order valence-corrected chi connectivity index (χ0v) is 7.68. The van der Waals surface area contributed by atoms with Crippen LogP contribution >= 0.6 is 15.9 Å². The van der Waals surface area contributed by atoms with E-state index in [9.17, 15) is 0 Å². The van der Waals surface area contributed by atoms with Gasteiger partial charge in [-0.25, -0.2) is 0 Å². The highest BCUT2D eigenvalue weighted by Crippen LogP contribution is 2.31. The van der Waals surface area contributed by atoms with Crippen LogP contribution in [-0.2, 0) is 4.74 Å². The molecule has 1 aliphatic heterocycles. The van der Waals surface area contributed by atoms with E-state index in [1.807, 2.05) is 0 Å². The third-order valence-corrected chi connectivity index (χ3v) is 3.70. The molecule has 0 aromatic rings. The van der Waals surface area contributed by atoms with Gasteiger partial charge in [-0.3, -0.25) is 0 Å². The zero-order valence-electron chi connectivity index (χ0n) is 6.10. The van der Waals surface area contributed by atoms with E-state index < -0.39 is 0 Å². The molecule has 0 aromatic carbocycles. The third kappa shape index (κ3) is 1.30. The van der Waals surface area contributed by atoms with Crippen molar-refractivity contribution in [1.29, 1.82) is 0 Å². The van der Waals surface area contributed by atoms with Gasteiger partial charge in [-0.15, -0.1) is 0 Å². The van der Waals surface area contributed by atoms with Crippen molar-refractivity contribution in [3.05, 3.63) is 0 Å². The van der Waals surface area contributed by atoms with Crippen LogP contribution in [0.3, 0.4) is 0 Å². The largest absolute Gasteiger partial charge is 0.374 e. The first-order valence-electron chi connectivity index (χ1n) is 3.42. The Balaban J connectivity index is 2.54. The van der Waals surface area contributed by atoms with Gasteiger partial charge in [0.05, 0.1) is 12.2 Å². The summed E-state index contributed by atoms with van der Waals surface area (Å²) in [4.78, 5) is 0.549. The van der Waals surface area contributed by atoms with Crippen LogP contribution in [0.25, 0.3) is 0 Å². The normalized spacial score (nSPS) is 52.0. The van der Waals surface area contributed by atoms with Crippen LogP contribution < -0.4 is 0 Å². The molecule has 0 spiro atoms. The zero-order chi connectivity index (χ0) is 7.02. The minimum absolute atomic E-state index is 0.384. The Morgan fingerprint density at radius 3 is 1.78 bits per heavy atom. The Labute approximate surface area is 64.9 Å². The van der Waals surface area contributed by atoms with Gasteiger partial charge in [0.1, 0.15) is 0 Å². The molecule has 1 heterocycles. The second kappa shape index (κ2) is 2.59. The standard InChI is InChI=1S/C7H13BrO/c1-4-5(2)9-6(3)7(4)8/h4-7H,1-3H3. The quantitative estimate of drug-likeness (QED) is 0.536. The summed E-state index contributed by atoms with van der Waals surface area (Å²) < 4.78 is 5.54. The molecule has 9 heavy (non-hydrogen) atoms. The Kier molecular flexibility index (Phi) is 2.17. The molecular weight excluding hydrogens is 180 g/mol. The summed E-state index contributed by atoms with van der Waals surface area (Å²) in [5, 5.41) is 0. The maximum atomic E-state index is 5.54. The van der Waals surface area contributed by atoms with Crippen LogP contribution in [0.2, 0.25) is 0 Å². The number of halogens is 1. The van der Waals surface area contributed by atoms with Crippen LogP contribution in [0.4, 0.5) is 0 Å². The maximum absolute atomic E-state index is 5.54. The number of hydrogen-bond donors (Lipinski definition) is 0. The molecule has 1 fully saturated rings. The van der Waals surface area contributed by atoms with E-state index in [2.05, 4.69) is 36.7 Å². The molecular formula is C7H13BrO. The molecule has 1 nitrogen and oxygen atoms in total. The first-order chi connectivity index (χ1) is 4.13. The van der Waals surface area contributed by atoms with Crippen molar-refractivity contribution in [2.45, 2.75) is 37.8 Å². The molecule has 0 aliphatic carbocycles. The number of alkyl halides is 1. The van der Waals surface area contributed by atoms with E-state index in [1.54, 1.807) is 0 Å². The Hall–Kier alpha value is 0.440. The van der Waals surface area contributed by atoms with E-state index >= 15 is 0 Å². The first kappa shape index (κ1) is 7.55. The second-order valence-electron chi connectivity index (χ2n) is 2.85. The average molecular weight is 193 g/mol. The van der Waals surface area contributed by atoms with Crippen molar-refractivity contribution in [3.63, 3.8) is 0 Å². The van der Waals surface area contributed by atoms with Crippen molar-refractivity contribution < 1.29 is 4.74 Å². The van der Waals surface area contributed by atoms with Gasteiger partial charge in [0, 0.05) is 4.83 Å². The van der Waals surface area contributed by atoms with E-state index in [4.69, 9.17) is 4.74 Å². The predicted octanol–water partition coefficient (Wildman–Crippen LogP) is 2.19. The van der Waals surface area contributed by atoms with Gasteiger partial charge < -0.3 is 4.74 Å². The lowest BCUT2D eigenvalue weighted by Crippen LogP contribution is -2.15. The molecule has 0 radical (unpaired) electrons. The molecule has 54 valence electrons. The fourth-order valence-corrected chi connectivity index (χ4v) is 1.78. The van der Waals surface area contributed by atoms with Crippen LogP contribution in [-0.4, -0.2) is 17.0 Å². The molecule has 0 amide bonds. The molecule has 1 rings (SSSR count). The van der Waals surface area contributed by atoms with Gasteiger partial charge in [0.25, 0.3) is 0 Å². The Morgan fingerprint density at radius 1 is 1.11 bits per heavy atom. The van der Waals surface area contributed by atoms with Crippen molar-refractivity contribution in [2.24, 2.45) is 5.92 Å². The van der Waals surface area contributed by atoms with Crippen molar-refractivity contribution >= 4 is 15.9 Å². The monoisotopic (exact) mass is 192 g/mol. The molecule has 0 bridgehead atoms. The summed E-state index contributed by atoms with van der Waals surface area (Å²) in [7, 11) is 0. The second-order valence-corrected chi connectivity index (χ2v) is 3.91. The highest BCUT2D eigenvalue weighted by atomic mass is 79.9. The molecule has 0 aromatic heterocycles. The summed E-state index contributed by atoms with van der Waals surface area (Å²) >= 11 is 3.58. The Morgan fingerprint density at radius 2 is 1.67 bits per heavy atom. The topological polar surface area (TPSA) is 9.23 Å². The van der Waals surface area contributed by atoms with Gasteiger partial charge >= 0.3 is 0 Å². The summed E-state index contributed by atoms with van der Waals surface area (Å²) in [5.74, 6) is 0.653. The fraction of sp³-hybridized carbons (Fsp3) is 1.00. The highest BCUT2D eigenvalue weighted by Gasteiger charge is 2.34. The molecule has 4 unspecified atom stereocenters. The molecule has 1 aliphatic rings. The lowest BCUT2D eigenvalue weighted by molar-refractivity contribution is 0.0588. The fourth-order valence-electron chi connectivity index (χ4n) is 1.22. The van der Waals surface area contributed by atoms with Crippen molar-refractivity contribution in [1.82, 2.24) is 0 Å². The smallest absolute Gasteiger partial charge is 0.0679 e. The van der Waals surface area contributed by atoms with E-state index in [-0.39, 0.29) is 0 Å². The summed E-state index contributed by atoms with van der Waals surface area (Å²) in [6, 6.07) is 0. The minimum atomic E-state index is 0.384. The van der Waals surface area contributed by atoms with Crippen LogP contribution in [0.1, 0.15) is 20.8 Å². The lowest BCUT2D eigenvalue weighted by Gasteiger charge is -2.08. The molecule has 0 saturated carbocycles. The molecule has 2 heteroatoms. The van der Waals surface area contributed by atoms with Crippen molar-refractivity contribution in [2.75, 3.05) is 0 Å². The van der Waals surface area contributed by atoms with E-state index in [0.717, 1.165) is 0 Å². The SMILES string of the molecule is CC1OC(C)C(Br)C1C. The first-order valence-corrected chi connectivity index (χ1v) is 4.34. The highest BCUT2D eigenvalue weighted by molar-refractivity contribution is 9.09. The number of rotatable bonds is 0. The predicted molar refractivity (Wildman–Crippen MR) is 41.9 cm³/mol. The molecule has 1 saturated heterocycles. The average Bonchev–Trinajstić information content (AvgIpc) is 1.98. The van der Waals surface area contributed by atoms with Gasteiger partial charge in [-0.1, -0.05) is 22.9 Å². The lowest BCUT2D eigenvalue weighted by atomic mass is 10.0. The maximum Gasteiger partial charge on any atom is 0.0679 e. The summed E-state index contributed by atoms with van der Waals surface area (Å²) in [6.45, 7) is 6.45. The van der Waals surface area contributed by atoms with Gasteiger partial charge in [0.15, 0.2) is 0 Å². The molecule has 0 N–H and O–H groups in total. The number of hydrogen-bond acceptors (Lipinski definition) is 1. The summed E-state index contributed by atoms with van der Waals surface area (Å²) in [6.07, 6.45) is 0.805. The minimum Gasteiger partial charge on any atom is -0.374 e. The molecule has 4 atom stereocenters. The van der Waals surface area contributed by atoms with Crippen LogP contribution in [0, 0.1) is 5.92 Å². The number of ether oxygens (including phenoxy) is 1.